The van der Waals surface area contributed by atoms with Crippen LogP contribution in [0.4, 0.5) is 11.4 Å². The number of benzene rings is 3. The maximum Gasteiger partial charge on any atom is 0.319 e. The number of ether oxygens (including phenoxy) is 2. The first-order chi connectivity index (χ1) is 18.7. The second-order valence-electron chi connectivity index (χ2n) is 10.1. The Bertz CT molecular complexity index is 1610. The molecule has 0 radical (unpaired) electrons. The molecule has 2 aliphatic heterocycles. The number of hydrogen-bond acceptors (Lipinski definition) is 7. The van der Waals surface area contributed by atoms with Crippen LogP contribution in [0.25, 0.3) is 5.57 Å². The summed E-state index contributed by atoms with van der Waals surface area (Å²) in [6.45, 7) is 3.57. The number of rotatable bonds is 4. The van der Waals surface area contributed by atoms with E-state index >= 15 is 0 Å². The van der Waals surface area contributed by atoms with Gasteiger partial charge in [-0.2, -0.15) is 0 Å². The normalized spacial score (nSPS) is 23.4. The van der Waals surface area contributed by atoms with Crippen LogP contribution < -0.4 is 14.4 Å². The molecule has 1 saturated heterocycles. The van der Waals surface area contributed by atoms with Gasteiger partial charge in [-0.25, -0.2) is 4.90 Å². The summed E-state index contributed by atoms with van der Waals surface area (Å²) in [6.07, 6.45) is 1.90. The van der Waals surface area contributed by atoms with E-state index in [4.69, 9.17) is 9.47 Å². The molecule has 0 bridgehead atoms. The highest BCUT2D eigenvalue weighted by Gasteiger charge is 2.60. The Hall–Kier alpha value is -4.79. The lowest BCUT2D eigenvalue weighted by molar-refractivity contribution is -0.384. The van der Waals surface area contributed by atoms with Gasteiger partial charge in [0.2, 0.25) is 11.8 Å². The number of allylic oxidation sites excluding steroid dienone is 1. The summed E-state index contributed by atoms with van der Waals surface area (Å²) in [5, 5.41) is 11.5. The molecule has 3 aromatic carbocycles. The standard InChI is InChI=1S/C30H24N2O7/c1-15-4-11-20-22-14-21(17-6-9-19(38-3)10-7-17)25-27(26(22)30(35)39-24(20)12-15)29(34)31(28(25)33)23-13-18(32(36)37)8-5-16(23)2/h4-14,21,25-27H,1-3H3/t21-,25-,26-,27+/m0/s1. The highest BCUT2D eigenvalue weighted by atomic mass is 16.6. The molecule has 196 valence electrons. The summed E-state index contributed by atoms with van der Waals surface area (Å²) in [6, 6.07) is 16.9. The van der Waals surface area contributed by atoms with Crippen molar-refractivity contribution in [2.24, 2.45) is 17.8 Å². The Morgan fingerprint density at radius 2 is 1.64 bits per heavy atom. The maximum atomic E-state index is 14.1. The van der Waals surface area contributed by atoms with Gasteiger partial charge in [0.1, 0.15) is 11.5 Å². The fraction of sp³-hybridized carbons (Fsp3) is 0.233. The largest absolute Gasteiger partial charge is 0.497 e. The first-order valence-electron chi connectivity index (χ1n) is 12.5. The molecule has 0 aromatic heterocycles. The van der Waals surface area contributed by atoms with Gasteiger partial charge in [-0.3, -0.25) is 24.5 Å². The van der Waals surface area contributed by atoms with E-state index in [-0.39, 0.29) is 11.4 Å². The lowest BCUT2D eigenvalue weighted by Crippen LogP contribution is -2.42. The molecule has 6 rings (SSSR count). The van der Waals surface area contributed by atoms with Crippen molar-refractivity contribution in [2.75, 3.05) is 12.0 Å². The average Bonchev–Trinajstić information content (AvgIpc) is 3.18. The molecule has 0 saturated carbocycles. The smallest absolute Gasteiger partial charge is 0.319 e. The highest BCUT2D eigenvalue weighted by Crippen LogP contribution is 2.55. The monoisotopic (exact) mass is 524 g/mol. The van der Waals surface area contributed by atoms with Crippen LogP contribution >= 0.6 is 0 Å². The molecule has 4 atom stereocenters. The molecule has 9 heteroatoms. The summed E-state index contributed by atoms with van der Waals surface area (Å²) in [4.78, 5) is 53.6. The molecule has 2 amide bonds. The van der Waals surface area contributed by atoms with E-state index in [0.717, 1.165) is 16.0 Å². The minimum absolute atomic E-state index is 0.142. The number of amides is 2. The second kappa shape index (κ2) is 8.90. The quantitative estimate of drug-likeness (QED) is 0.159. The molecule has 9 nitrogen and oxygen atoms in total. The Kier molecular flexibility index (Phi) is 5.60. The Labute approximate surface area is 223 Å². The summed E-state index contributed by atoms with van der Waals surface area (Å²) in [5.41, 5.74) is 3.47. The van der Waals surface area contributed by atoms with Gasteiger partial charge in [0, 0.05) is 23.6 Å². The number of methoxy groups -OCH3 is 1. The molecule has 0 spiro atoms. The second-order valence-corrected chi connectivity index (χ2v) is 10.1. The number of non-ortho nitro benzene ring substituents is 1. The fourth-order valence-electron chi connectivity index (χ4n) is 6.01. The van der Waals surface area contributed by atoms with E-state index < -0.39 is 46.4 Å². The van der Waals surface area contributed by atoms with Crippen LogP contribution in [0.1, 0.15) is 28.2 Å². The van der Waals surface area contributed by atoms with Gasteiger partial charge in [-0.05, 0) is 54.3 Å². The van der Waals surface area contributed by atoms with Crippen molar-refractivity contribution >= 4 is 34.7 Å². The van der Waals surface area contributed by atoms with Crippen LogP contribution in [0.3, 0.4) is 0 Å². The average molecular weight is 525 g/mol. The minimum atomic E-state index is -1.04. The van der Waals surface area contributed by atoms with E-state index in [2.05, 4.69) is 0 Å². The summed E-state index contributed by atoms with van der Waals surface area (Å²) in [7, 11) is 1.56. The number of carbonyl (C=O) groups is 3. The van der Waals surface area contributed by atoms with Gasteiger partial charge >= 0.3 is 5.97 Å². The van der Waals surface area contributed by atoms with E-state index in [1.54, 1.807) is 32.2 Å². The zero-order valence-electron chi connectivity index (χ0n) is 21.4. The first kappa shape index (κ1) is 24.5. The topological polar surface area (TPSA) is 116 Å². The Balaban J connectivity index is 1.55. The molecule has 0 unspecified atom stereocenters. The van der Waals surface area contributed by atoms with Crippen LogP contribution in [-0.4, -0.2) is 29.8 Å². The molecule has 1 fully saturated rings. The van der Waals surface area contributed by atoms with Gasteiger partial charge < -0.3 is 9.47 Å². The number of imide groups is 1. The lowest BCUT2D eigenvalue weighted by atomic mass is 9.64. The molecular weight excluding hydrogens is 500 g/mol. The number of nitrogens with zero attached hydrogens (tertiary/aromatic N) is 2. The predicted octanol–water partition coefficient (Wildman–Crippen LogP) is 4.74. The number of anilines is 1. The van der Waals surface area contributed by atoms with Crippen LogP contribution in [0.15, 0.2) is 66.7 Å². The number of fused-ring (bicyclic) bond motifs is 5. The predicted molar refractivity (Wildman–Crippen MR) is 141 cm³/mol. The van der Waals surface area contributed by atoms with E-state index in [1.807, 2.05) is 37.3 Å². The molecule has 3 aliphatic rings. The zero-order chi connectivity index (χ0) is 27.6. The Morgan fingerprint density at radius 1 is 0.923 bits per heavy atom. The highest BCUT2D eigenvalue weighted by molar-refractivity contribution is 6.25. The molecule has 3 aromatic rings. The van der Waals surface area contributed by atoms with Crippen LogP contribution in [0.5, 0.6) is 11.5 Å². The van der Waals surface area contributed by atoms with Gasteiger partial charge in [0.05, 0.1) is 35.5 Å². The van der Waals surface area contributed by atoms with E-state index in [9.17, 15) is 24.5 Å². The van der Waals surface area contributed by atoms with Gasteiger partial charge in [-0.15, -0.1) is 0 Å². The minimum Gasteiger partial charge on any atom is -0.497 e. The van der Waals surface area contributed by atoms with Crippen molar-refractivity contribution in [1.82, 2.24) is 0 Å². The summed E-state index contributed by atoms with van der Waals surface area (Å²) >= 11 is 0. The SMILES string of the molecule is COc1ccc([C@@H]2C=C3c4ccc(C)cc4OC(=O)[C@@H]3[C@@H]3C(=O)N(c4cc([N+](=O)[O-])ccc4C)C(=O)[C@H]32)cc1. The molecular formula is C30H24N2O7. The third kappa shape index (κ3) is 3.72. The van der Waals surface area contributed by atoms with Crippen molar-refractivity contribution in [3.63, 3.8) is 0 Å². The lowest BCUT2D eigenvalue weighted by Gasteiger charge is -2.38. The Morgan fingerprint density at radius 3 is 2.33 bits per heavy atom. The number of aryl methyl sites for hydroxylation is 2. The van der Waals surface area contributed by atoms with Gasteiger partial charge in [0.25, 0.3) is 5.69 Å². The van der Waals surface area contributed by atoms with Gasteiger partial charge in [-0.1, -0.05) is 36.4 Å². The molecule has 39 heavy (non-hydrogen) atoms. The molecule has 2 heterocycles. The molecule has 0 N–H and O–H groups in total. The zero-order valence-corrected chi connectivity index (χ0v) is 21.4. The van der Waals surface area contributed by atoms with Crippen LogP contribution in [-0.2, 0) is 14.4 Å². The third-order valence-corrected chi connectivity index (χ3v) is 7.90. The van der Waals surface area contributed by atoms with E-state index in [0.29, 0.717) is 28.2 Å². The number of carbonyl (C=O) groups excluding carboxylic acids is 3. The van der Waals surface area contributed by atoms with Crippen molar-refractivity contribution in [2.45, 2.75) is 19.8 Å². The maximum absolute atomic E-state index is 14.1. The third-order valence-electron chi connectivity index (χ3n) is 7.90. The number of nitro groups is 1. The van der Waals surface area contributed by atoms with Crippen molar-refractivity contribution in [1.29, 1.82) is 0 Å². The van der Waals surface area contributed by atoms with E-state index in [1.165, 1.54) is 18.2 Å². The molecule has 1 aliphatic carbocycles. The fourth-order valence-corrected chi connectivity index (χ4v) is 6.01. The number of nitro benzene ring substituents is 1. The van der Waals surface area contributed by atoms with Crippen molar-refractivity contribution in [3.8, 4) is 11.5 Å². The summed E-state index contributed by atoms with van der Waals surface area (Å²) in [5.74, 6) is -4.08. The van der Waals surface area contributed by atoms with Gasteiger partial charge in [0.15, 0.2) is 0 Å². The first-order valence-corrected chi connectivity index (χ1v) is 12.5. The number of hydrogen-bond donors (Lipinski definition) is 0. The van der Waals surface area contributed by atoms with Crippen LogP contribution in [0.2, 0.25) is 0 Å². The van der Waals surface area contributed by atoms with Crippen LogP contribution in [0, 0.1) is 41.7 Å². The number of esters is 1. The summed E-state index contributed by atoms with van der Waals surface area (Å²) < 4.78 is 11.0. The van der Waals surface area contributed by atoms with Crippen molar-refractivity contribution < 1.29 is 28.8 Å². The van der Waals surface area contributed by atoms with Crippen molar-refractivity contribution in [3.05, 3.63) is 99.1 Å².